The molecule has 22 heavy (non-hydrogen) atoms. The summed E-state index contributed by atoms with van der Waals surface area (Å²) in [6.07, 6.45) is 1.53. The van der Waals surface area contributed by atoms with Crippen LogP contribution in [0.2, 0.25) is 0 Å². The Labute approximate surface area is 135 Å². The maximum absolute atomic E-state index is 12.2. The van der Waals surface area contributed by atoms with E-state index in [9.17, 15) is 13.2 Å². The van der Waals surface area contributed by atoms with Crippen molar-refractivity contribution in [2.45, 2.75) is 65.1 Å². The van der Waals surface area contributed by atoms with Crippen LogP contribution in [0.3, 0.4) is 0 Å². The highest BCUT2D eigenvalue weighted by atomic mass is 32.2. The van der Waals surface area contributed by atoms with E-state index in [1.54, 1.807) is 14.0 Å². The van der Waals surface area contributed by atoms with Gasteiger partial charge in [-0.15, -0.1) is 0 Å². The normalized spacial score (nSPS) is 20.1. The fourth-order valence-corrected chi connectivity index (χ4v) is 3.78. The van der Waals surface area contributed by atoms with E-state index in [0.717, 1.165) is 25.9 Å². The molecule has 0 aromatic heterocycles. The van der Waals surface area contributed by atoms with Crippen LogP contribution < -0.4 is 5.32 Å². The molecule has 0 unspecified atom stereocenters. The second-order valence-corrected chi connectivity index (χ2v) is 9.42. The summed E-state index contributed by atoms with van der Waals surface area (Å²) in [6.45, 7) is 11.0. The zero-order valence-corrected chi connectivity index (χ0v) is 15.5. The lowest BCUT2D eigenvalue weighted by atomic mass is 10.0. The predicted octanol–water partition coefficient (Wildman–Crippen LogP) is 1.04. The smallest absolute Gasteiger partial charge is 0.237 e. The van der Waals surface area contributed by atoms with Gasteiger partial charge in [0.25, 0.3) is 0 Å². The molecule has 0 spiro atoms. The van der Waals surface area contributed by atoms with Crippen LogP contribution in [0.1, 0.15) is 47.5 Å². The Balaban J connectivity index is 2.57. The monoisotopic (exact) mass is 333 g/mol. The van der Waals surface area contributed by atoms with Crippen LogP contribution in [-0.4, -0.2) is 67.0 Å². The van der Waals surface area contributed by atoms with Crippen molar-refractivity contribution in [1.29, 1.82) is 0 Å². The third-order valence-electron chi connectivity index (χ3n) is 4.24. The molecule has 1 saturated heterocycles. The molecule has 1 amide bonds. The number of hydrogen-bond donors (Lipinski definition) is 1. The molecule has 1 aliphatic rings. The summed E-state index contributed by atoms with van der Waals surface area (Å²) in [5, 5.41) is 3.00. The number of sulfonamides is 1. The number of nitrogens with zero attached hydrogens (tertiary/aromatic N) is 2. The molecule has 0 aromatic carbocycles. The first-order chi connectivity index (χ1) is 9.98. The lowest BCUT2D eigenvalue weighted by molar-refractivity contribution is -0.127. The Hall–Kier alpha value is -0.660. The highest BCUT2D eigenvalue weighted by molar-refractivity contribution is 7.89. The molecule has 1 rings (SSSR count). The quantitative estimate of drug-likeness (QED) is 0.816. The summed E-state index contributed by atoms with van der Waals surface area (Å²) in [5.41, 5.74) is -0.237. The van der Waals surface area contributed by atoms with Crippen molar-refractivity contribution in [1.82, 2.24) is 14.5 Å². The van der Waals surface area contributed by atoms with E-state index in [1.165, 1.54) is 4.31 Å². The first kappa shape index (κ1) is 19.4. The Morgan fingerprint density at radius 2 is 1.82 bits per heavy atom. The molecule has 6 nitrogen and oxygen atoms in total. The van der Waals surface area contributed by atoms with Crippen LogP contribution in [-0.2, 0) is 14.8 Å². The lowest BCUT2D eigenvalue weighted by Gasteiger charge is -2.39. The van der Waals surface area contributed by atoms with E-state index in [-0.39, 0.29) is 29.3 Å². The average molecular weight is 333 g/mol. The van der Waals surface area contributed by atoms with E-state index in [2.05, 4.69) is 10.2 Å². The molecule has 1 N–H and O–H groups in total. The Morgan fingerprint density at radius 3 is 2.23 bits per heavy atom. The molecular formula is C15H31N3O3S. The topological polar surface area (TPSA) is 69.7 Å². The number of carbonyl (C=O) groups excluding carboxylic acids is 1. The van der Waals surface area contributed by atoms with Gasteiger partial charge in [-0.1, -0.05) is 0 Å². The molecular weight excluding hydrogens is 302 g/mol. The van der Waals surface area contributed by atoms with Gasteiger partial charge < -0.3 is 5.32 Å². The molecule has 0 radical (unpaired) electrons. The highest BCUT2D eigenvalue weighted by Crippen LogP contribution is 2.20. The van der Waals surface area contributed by atoms with Crippen LogP contribution in [0.4, 0.5) is 0 Å². The molecule has 0 aliphatic carbocycles. The summed E-state index contributed by atoms with van der Waals surface area (Å²) in [5.74, 6) is 0.161. The van der Waals surface area contributed by atoms with Gasteiger partial charge in [-0.25, -0.2) is 12.7 Å². The van der Waals surface area contributed by atoms with Gasteiger partial charge in [0.05, 0.1) is 11.8 Å². The van der Waals surface area contributed by atoms with Gasteiger partial charge in [-0.3, -0.25) is 9.69 Å². The van der Waals surface area contributed by atoms with Crippen LogP contribution in [0.15, 0.2) is 0 Å². The number of piperidine rings is 1. The summed E-state index contributed by atoms with van der Waals surface area (Å²) in [6, 6.07) is -0.146. The first-order valence-corrected chi connectivity index (χ1v) is 9.60. The van der Waals surface area contributed by atoms with Gasteiger partial charge in [0.2, 0.25) is 15.9 Å². The number of carbonyl (C=O) groups is 1. The standard InChI is InChI=1S/C15H31N3O3S/c1-7-22(20,21)17(6)13-8-10-18(11-9-13)12(2)14(19)16-15(3,4)5/h12-13H,7-11H2,1-6H3,(H,16,19)/t12-/m1/s1. The first-order valence-electron chi connectivity index (χ1n) is 7.99. The molecule has 1 aliphatic heterocycles. The largest absolute Gasteiger partial charge is 0.350 e. The van der Waals surface area contributed by atoms with Crippen molar-refractivity contribution in [3.05, 3.63) is 0 Å². The third kappa shape index (κ3) is 5.21. The molecule has 1 heterocycles. The number of nitrogens with one attached hydrogen (secondary N) is 1. The predicted molar refractivity (Wildman–Crippen MR) is 89.2 cm³/mol. The van der Waals surface area contributed by atoms with Crippen LogP contribution in [0.5, 0.6) is 0 Å². The SMILES string of the molecule is CCS(=O)(=O)N(C)C1CCN([C@H](C)C(=O)NC(C)(C)C)CC1. The maximum atomic E-state index is 12.2. The average Bonchev–Trinajstić information content (AvgIpc) is 2.44. The summed E-state index contributed by atoms with van der Waals surface area (Å²) in [7, 11) is -1.48. The Kier molecular flexibility index (Phi) is 6.41. The van der Waals surface area contributed by atoms with Gasteiger partial charge >= 0.3 is 0 Å². The second kappa shape index (κ2) is 7.27. The summed E-state index contributed by atoms with van der Waals surface area (Å²) >= 11 is 0. The zero-order valence-electron chi connectivity index (χ0n) is 14.7. The van der Waals surface area contributed by atoms with Crippen molar-refractivity contribution >= 4 is 15.9 Å². The second-order valence-electron chi connectivity index (χ2n) is 7.10. The zero-order chi connectivity index (χ0) is 17.1. The molecule has 0 aromatic rings. The van der Waals surface area contributed by atoms with Gasteiger partial charge in [-0.2, -0.15) is 0 Å². The van der Waals surface area contributed by atoms with Crippen molar-refractivity contribution < 1.29 is 13.2 Å². The van der Waals surface area contributed by atoms with Crippen molar-refractivity contribution in [3.8, 4) is 0 Å². The third-order valence-corrected chi connectivity index (χ3v) is 6.15. The van der Waals surface area contributed by atoms with E-state index < -0.39 is 10.0 Å². The van der Waals surface area contributed by atoms with Crippen molar-refractivity contribution in [2.75, 3.05) is 25.9 Å². The molecule has 1 fully saturated rings. The Morgan fingerprint density at radius 1 is 1.32 bits per heavy atom. The van der Waals surface area contributed by atoms with E-state index >= 15 is 0 Å². The van der Waals surface area contributed by atoms with Crippen LogP contribution in [0.25, 0.3) is 0 Å². The molecule has 130 valence electrons. The van der Waals surface area contributed by atoms with Gasteiger partial charge in [-0.05, 0) is 47.5 Å². The van der Waals surface area contributed by atoms with Gasteiger partial charge in [0, 0.05) is 31.7 Å². The molecule has 7 heteroatoms. The number of hydrogen-bond acceptors (Lipinski definition) is 4. The highest BCUT2D eigenvalue weighted by Gasteiger charge is 2.32. The molecule has 1 atom stereocenters. The van der Waals surface area contributed by atoms with E-state index in [0.29, 0.717) is 0 Å². The fraction of sp³-hybridized carbons (Fsp3) is 0.933. The van der Waals surface area contributed by atoms with Crippen molar-refractivity contribution in [3.63, 3.8) is 0 Å². The van der Waals surface area contributed by atoms with Crippen LogP contribution >= 0.6 is 0 Å². The molecule has 0 bridgehead atoms. The van der Waals surface area contributed by atoms with E-state index in [1.807, 2.05) is 27.7 Å². The number of rotatable bonds is 5. The minimum atomic E-state index is -3.14. The maximum Gasteiger partial charge on any atom is 0.237 e. The minimum absolute atomic E-state index is 0.0282. The summed E-state index contributed by atoms with van der Waals surface area (Å²) in [4.78, 5) is 14.3. The van der Waals surface area contributed by atoms with Gasteiger partial charge in [0.15, 0.2) is 0 Å². The molecule has 0 saturated carbocycles. The van der Waals surface area contributed by atoms with E-state index in [4.69, 9.17) is 0 Å². The van der Waals surface area contributed by atoms with Crippen LogP contribution in [0, 0.1) is 0 Å². The fourth-order valence-electron chi connectivity index (χ4n) is 2.71. The Bertz CT molecular complexity index is 477. The van der Waals surface area contributed by atoms with Crippen molar-refractivity contribution in [2.24, 2.45) is 0 Å². The summed E-state index contributed by atoms with van der Waals surface area (Å²) < 4.78 is 25.4. The number of amides is 1. The minimum Gasteiger partial charge on any atom is -0.350 e. The van der Waals surface area contributed by atoms with Gasteiger partial charge in [0.1, 0.15) is 0 Å². The lowest BCUT2D eigenvalue weighted by Crippen LogP contribution is -2.54. The number of likely N-dealkylation sites (tertiary alicyclic amines) is 1.